The number of halogens is 1. The van der Waals surface area contributed by atoms with Gasteiger partial charge in [0.15, 0.2) is 0 Å². The largest absolute Gasteiger partial charge is 0.252 e. The molecule has 0 amide bonds. The van der Waals surface area contributed by atoms with Crippen LogP contribution in [0.15, 0.2) is 48.5 Å². The van der Waals surface area contributed by atoms with Crippen molar-refractivity contribution in [3.8, 4) is 11.1 Å². The molecule has 3 aromatic rings. The van der Waals surface area contributed by atoms with E-state index in [1.54, 1.807) is 0 Å². The first-order valence-electron chi connectivity index (χ1n) is 6.99. The van der Waals surface area contributed by atoms with Crippen LogP contribution in [0.25, 0.3) is 22.0 Å². The smallest absolute Gasteiger partial charge is 0.0720 e. The molecule has 0 spiro atoms. The quantitative estimate of drug-likeness (QED) is 0.608. The van der Waals surface area contributed by atoms with Crippen LogP contribution in [0.1, 0.15) is 17.7 Å². The van der Waals surface area contributed by atoms with Crippen molar-refractivity contribution in [3.05, 3.63) is 64.8 Å². The molecule has 0 unspecified atom stereocenters. The van der Waals surface area contributed by atoms with Gasteiger partial charge in [0.2, 0.25) is 0 Å². The third-order valence-electron chi connectivity index (χ3n) is 4.05. The Morgan fingerprint density at radius 2 is 1.75 bits per heavy atom. The summed E-state index contributed by atoms with van der Waals surface area (Å²) in [6.07, 6.45) is 3.29. The molecule has 1 aromatic heterocycles. The Morgan fingerprint density at radius 3 is 2.60 bits per heavy atom. The standard InChI is InChI=1S/C18H14ClN/c19-18-14-7-4-8-16(14)20-17-10-9-13(11-15(17)18)12-5-2-1-3-6-12/h1-3,5-6,9-11H,4,7-8H2. The van der Waals surface area contributed by atoms with E-state index in [0.29, 0.717) is 0 Å². The number of hydrogen-bond acceptors (Lipinski definition) is 1. The lowest BCUT2D eigenvalue weighted by Gasteiger charge is -2.09. The van der Waals surface area contributed by atoms with Gasteiger partial charge >= 0.3 is 0 Å². The number of benzene rings is 2. The Kier molecular flexibility index (Phi) is 2.75. The summed E-state index contributed by atoms with van der Waals surface area (Å²) in [6.45, 7) is 0. The van der Waals surface area contributed by atoms with Crippen LogP contribution in [0.5, 0.6) is 0 Å². The lowest BCUT2D eigenvalue weighted by atomic mass is 10.0. The van der Waals surface area contributed by atoms with Crippen molar-refractivity contribution in [1.82, 2.24) is 4.98 Å². The highest BCUT2D eigenvalue weighted by Gasteiger charge is 2.18. The number of rotatable bonds is 1. The number of aromatic nitrogens is 1. The van der Waals surface area contributed by atoms with E-state index in [1.807, 2.05) is 6.07 Å². The Labute approximate surface area is 123 Å². The summed E-state index contributed by atoms with van der Waals surface area (Å²) in [4.78, 5) is 4.77. The van der Waals surface area contributed by atoms with Crippen LogP contribution in [0.3, 0.4) is 0 Å². The molecule has 2 aromatic carbocycles. The van der Waals surface area contributed by atoms with E-state index in [1.165, 1.54) is 28.8 Å². The fourth-order valence-electron chi connectivity index (χ4n) is 3.02. The molecule has 0 saturated carbocycles. The average molecular weight is 280 g/mol. The number of fused-ring (bicyclic) bond motifs is 2. The van der Waals surface area contributed by atoms with E-state index in [2.05, 4.69) is 42.5 Å². The summed E-state index contributed by atoms with van der Waals surface area (Å²) in [5, 5.41) is 1.98. The minimum Gasteiger partial charge on any atom is -0.252 e. The van der Waals surface area contributed by atoms with E-state index in [4.69, 9.17) is 16.6 Å². The van der Waals surface area contributed by atoms with Crippen molar-refractivity contribution < 1.29 is 0 Å². The van der Waals surface area contributed by atoms with Gasteiger partial charge in [-0.25, -0.2) is 0 Å². The first kappa shape index (κ1) is 11.9. The topological polar surface area (TPSA) is 12.9 Å². The number of aryl methyl sites for hydroxylation is 1. The van der Waals surface area contributed by atoms with Gasteiger partial charge in [-0.15, -0.1) is 0 Å². The zero-order valence-electron chi connectivity index (χ0n) is 11.1. The first-order valence-corrected chi connectivity index (χ1v) is 7.37. The summed E-state index contributed by atoms with van der Waals surface area (Å²) in [6, 6.07) is 16.8. The SMILES string of the molecule is Clc1c2c(nc3ccc(-c4ccccc4)cc13)CCC2. The van der Waals surface area contributed by atoms with Gasteiger partial charge < -0.3 is 0 Å². The molecule has 1 nitrogen and oxygen atoms in total. The van der Waals surface area contributed by atoms with Crippen molar-refractivity contribution >= 4 is 22.5 Å². The number of nitrogens with zero attached hydrogens (tertiary/aromatic N) is 1. The lowest BCUT2D eigenvalue weighted by Crippen LogP contribution is -1.92. The minimum absolute atomic E-state index is 0.903. The van der Waals surface area contributed by atoms with Gasteiger partial charge in [0.25, 0.3) is 0 Å². The Balaban J connectivity index is 1.96. The normalized spacial score (nSPS) is 13.7. The van der Waals surface area contributed by atoms with Crippen molar-refractivity contribution in [3.63, 3.8) is 0 Å². The molecule has 4 rings (SSSR count). The third kappa shape index (κ3) is 1.82. The average Bonchev–Trinajstić information content (AvgIpc) is 2.97. The van der Waals surface area contributed by atoms with E-state index < -0.39 is 0 Å². The minimum atomic E-state index is 0.903. The molecule has 0 radical (unpaired) electrons. The van der Waals surface area contributed by atoms with Crippen molar-refractivity contribution in [2.24, 2.45) is 0 Å². The summed E-state index contributed by atoms with van der Waals surface area (Å²) in [5.41, 5.74) is 5.86. The number of hydrogen-bond donors (Lipinski definition) is 0. The summed E-state index contributed by atoms with van der Waals surface area (Å²) in [7, 11) is 0. The van der Waals surface area contributed by atoms with Gasteiger partial charge in [0.05, 0.1) is 10.5 Å². The predicted octanol–water partition coefficient (Wildman–Crippen LogP) is 5.04. The van der Waals surface area contributed by atoms with Gasteiger partial charge in [-0.05, 0) is 48.1 Å². The number of pyridine rings is 1. The fourth-order valence-corrected chi connectivity index (χ4v) is 3.37. The Hall–Kier alpha value is -1.86. The zero-order valence-corrected chi connectivity index (χ0v) is 11.8. The van der Waals surface area contributed by atoms with Crippen LogP contribution in [0, 0.1) is 0 Å². The molecule has 0 atom stereocenters. The Bertz CT molecular complexity index is 793. The highest BCUT2D eigenvalue weighted by molar-refractivity contribution is 6.36. The second kappa shape index (κ2) is 4.60. The maximum atomic E-state index is 6.61. The summed E-state index contributed by atoms with van der Waals surface area (Å²) >= 11 is 6.61. The highest BCUT2D eigenvalue weighted by atomic mass is 35.5. The van der Waals surface area contributed by atoms with Crippen LogP contribution in [0.2, 0.25) is 5.02 Å². The van der Waals surface area contributed by atoms with E-state index in [0.717, 1.165) is 28.8 Å². The molecular weight excluding hydrogens is 266 g/mol. The maximum Gasteiger partial charge on any atom is 0.0720 e. The van der Waals surface area contributed by atoms with E-state index in [9.17, 15) is 0 Å². The first-order chi connectivity index (χ1) is 9.83. The molecule has 1 aliphatic carbocycles. The molecule has 98 valence electrons. The molecule has 0 bridgehead atoms. The van der Waals surface area contributed by atoms with Crippen LogP contribution >= 0.6 is 11.6 Å². The van der Waals surface area contributed by atoms with Crippen molar-refractivity contribution in [1.29, 1.82) is 0 Å². The monoisotopic (exact) mass is 279 g/mol. The summed E-state index contributed by atoms with van der Waals surface area (Å²) in [5.74, 6) is 0. The van der Waals surface area contributed by atoms with Crippen molar-refractivity contribution in [2.45, 2.75) is 19.3 Å². The van der Waals surface area contributed by atoms with Gasteiger partial charge in [-0.3, -0.25) is 4.98 Å². The third-order valence-corrected chi connectivity index (χ3v) is 4.48. The lowest BCUT2D eigenvalue weighted by molar-refractivity contribution is 0.901. The molecule has 1 heterocycles. The molecule has 0 aliphatic heterocycles. The zero-order chi connectivity index (χ0) is 13.5. The maximum absolute atomic E-state index is 6.61. The van der Waals surface area contributed by atoms with Crippen LogP contribution in [0.4, 0.5) is 0 Å². The molecule has 2 heteroatoms. The molecule has 0 fully saturated rings. The van der Waals surface area contributed by atoms with Crippen LogP contribution < -0.4 is 0 Å². The van der Waals surface area contributed by atoms with Crippen LogP contribution in [-0.4, -0.2) is 4.98 Å². The molecule has 0 saturated heterocycles. The molecule has 0 N–H and O–H groups in total. The summed E-state index contributed by atoms with van der Waals surface area (Å²) < 4.78 is 0. The highest BCUT2D eigenvalue weighted by Crippen LogP contribution is 2.35. The molecule has 20 heavy (non-hydrogen) atoms. The van der Waals surface area contributed by atoms with Crippen molar-refractivity contribution in [2.75, 3.05) is 0 Å². The van der Waals surface area contributed by atoms with E-state index >= 15 is 0 Å². The Morgan fingerprint density at radius 1 is 0.900 bits per heavy atom. The van der Waals surface area contributed by atoms with Gasteiger partial charge in [0.1, 0.15) is 0 Å². The fraction of sp³-hybridized carbons (Fsp3) is 0.167. The molecule has 1 aliphatic rings. The van der Waals surface area contributed by atoms with Gasteiger partial charge in [0, 0.05) is 11.1 Å². The van der Waals surface area contributed by atoms with Gasteiger partial charge in [-0.1, -0.05) is 48.0 Å². The second-order valence-corrected chi connectivity index (χ2v) is 5.68. The predicted molar refractivity (Wildman–Crippen MR) is 84.2 cm³/mol. The van der Waals surface area contributed by atoms with Gasteiger partial charge in [-0.2, -0.15) is 0 Å². The van der Waals surface area contributed by atoms with Crippen LogP contribution in [-0.2, 0) is 12.8 Å². The van der Waals surface area contributed by atoms with E-state index in [-0.39, 0.29) is 0 Å². The molecular formula is C18H14ClN. The second-order valence-electron chi connectivity index (χ2n) is 5.30.